The second-order valence-electron chi connectivity index (χ2n) is 9.79. The molecule has 3 N–H and O–H groups in total. The van der Waals surface area contributed by atoms with Crippen LogP contribution in [0.1, 0.15) is 55.0 Å². The molecule has 3 heterocycles. The number of benzene rings is 2. The number of non-ortho nitro benzene ring substituents is 1. The topological polar surface area (TPSA) is 149 Å². The number of nitro groups is 1. The number of aromatic amines is 1. The summed E-state index contributed by atoms with van der Waals surface area (Å²) >= 11 is 0. The molecule has 3 amide bonds. The monoisotopic (exact) mass is 519 g/mol. The molecule has 0 radical (unpaired) electrons. The second kappa shape index (κ2) is 10.6. The van der Waals surface area contributed by atoms with Gasteiger partial charge in [0, 0.05) is 48.1 Å². The van der Waals surface area contributed by atoms with Crippen molar-refractivity contribution in [3.05, 3.63) is 75.5 Å². The van der Waals surface area contributed by atoms with Crippen molar-refractivity contribution in [2.75, 3.05) is 13.1 Å². The summed E-state index contributed by atoms with van der Waals surface area (Å²) in [6.07, 6.45) is 3.54. The molecule has 11 heteroatoms. The Kier molecular flexibility index (Phi) is 7.10. The molecule has 0 unspecified atom stereocenters. The Hall–Kier alpha value is -4.25. The molecule has 0 spiro atoms. The number of fused-ring (bicyclic) bond motifs is 4. The molecular formula is C27H29N5O6. The average Bonchev–Trinajstić information content (AvgIpc) is 3.30. The van der Waals surface area contributed by atoms with Gasteiger partial charge >= 0.3 is 0 Å². The molecule has 38 heavy (non-hydrogen) atoms. The summed E-state index contributed by atoms with van der Waals surface area (Å²) in [6.45, 7) is 0.422. The van der Waals surface area contributed by atoms with Crippen molar-refractivity contribution in [1.82, 2.24) is 20.3 Å². The highest BCUT2D eigenvalue weighted by Gasteiger charge is 2.48. The highest BCUT2D eigenvalue weighted by molar-refractivity contribution is 5.97. The van der Waals surface area contributed by atoms with Gasteiger partial charge in [-0.05, 0) is 42.2 Å². The van der Waals surface area contributed by atoms with Crippen LogP contribution < -0.4 is 5.48 Å². The van der Waals surface area contributed by atoms with E-state index in [9.17, 15) is 24.5 Å². The number of para-hydroxylation sites is 1. The van der Waals surface area contributed by atoms with Gasteiger partial charge < -0.3 is 14.8 Å². The van der Waals surface area contributed by atoms with Crippen LogP contribution in [0.4, 0.5) is 5.69 Å². The molecule has 0 aliphatic carbocycles. The van der Waals surface area contributed by atoms with Gasteiger partial charge in [-0.1, -0.05) is 31.0 Å². The number of nitrogens with one attached hydrogen (secondary N) is 2. The Bertz CT molecular complexity index is 1380. The predicted molar refractivity (Wildman–Crippen MR) is 137 cm³/mol. The SMILES string of the molecule is O=C(CCCCCCN1CC(=O)N2[C@@H](c3ccc([N+](=O)[O-])cc3)c3[nH]c4ccccc4c3C[C@H]2C1=O)NO. The molecule has 3 aromatic rings. The number of amides is 3. The normalized spacial score (nSPS) is 18.9. The molecule has 1 aromatic heterocycles. The van der Waals surface area contributed by atoms with Crippen LogP contribution in [0.3, 0.4) is 0 Å². The van der Waals surface area contributed by atoms with Crippen LogP contribution in [0.2, 0.25) is 0 Å². The van der Waals surface area contributed by atoms with E-state index in [4.69, 9.17) is 5.21 Å². The number of piperazine rings is 1. The zero-order valence-corrected chi connectivity index (χ0v) is 20.8. The molecule has 2 aromatic carbocycles. The zero-order valence-electron chi connectivity index (χ0n) is 20.8. The third kappa shape index (κ3) is 4.72. The summed E-state index contributed by atoms with van der Waals surface area (Å²) in [7, 11) is 0. The number of H-pyrrole nitrogens is 1. The number of aromatic nitrogens is 1. The molecule has 11 nitrogen and oxygen atoms in total. The lowest BCUT2D eigenvalue weighted by molar-refractivity contribution is -0.384. The number of carbonyl (C=O) groups is 3. The predicted octanol–water partition coefficient (Wildman–Crippen LogP) is 3.22. The van der Waals surface area contributed by atoms with Crippen LogP contribution in [-0.2, 0) is 20.8 Å². The Labute approximate surface area is 218 Å². The highest BCUT2D eigenvalue weighted by atomic mass is 16.6. The number of nitrogens with zero attached hydrogens (tertiary/aromatic N) is 3. The number of unbranched alkanes of at least 4 members (excludes halogenated alkanes) is 3. The van der Waals surface area contributed by atoms with E-state index in [0.717, 1.165) is 35.0 Å². The van der Waals surface area contributed by atoms with Crippen molar-refractivity contribution < 1.29 is 24.5 Å². The first kappa shape index (κ1) is 25.4. The zero-order chi connectivity index (χ0) is 26.8. The largest absolute Gasteiger partial charge is 0.356 e. The quantitative estimate of drug-likeness (QED) is 0.171. The highest BCUT2D eigenvalue weighted by Crippen LogP contribution is 2.42. The maximum atomic E-state index is 13.7. The van der Waals surface area contributed by atoms with E-state index in [1.54, 1.807) is 27.4 Å². The van der Waals surface area contributed by atoms with Crippen molar-refractivity contribution >= 4 is 34.3 Å². The van der Waals surface area contributed by atoms with Crippen molar-refractivity contribution in [3.8, 4) is 0 Å². The van der Waals surface area contributed by atoms with Gasteiger partial charge in [0.1, 0.15) is 6.04 Å². The van der Waals surface area contributed by atoms with Gasteiger partial charge in [-0.25, -0.2) is 5.48 Å². The molecule has 2 aliphatic heterocycles. The molecule has 5 rings (SSSR count). The number of hydrogen-bond acceptors (Lipinski definition) is 6. The number of carbonyl (C=O) groups excluding carboxylic acids is 3. The fourth-order valence-electron chi connectivity index (χ4n) is 5.64. The summed E-state index contributed by atoms with van der Waals surface area (Å²) in [5, 5.41) is 20.8. The van der Waals surface area contributed by atoms with Gasteiger partial charge in [0.25, 0.3) is 5.69 Å². The lowest BCUT2D eigenvalue weighted by Crippen LogP contribution is -2.63. The molecule has 1 saturated heterocycles. The van der Waals surface area contributed by atoms with Crippen LogP contribution in [-0.4, -0.2) is 61.8 Å². The molecule has 2 aliphatic rings. The van der Waals surface area contributed by atoms with Crippen LogP contribution in [0.15, 0.2) is 48.5 Å². The number of rotatable bonds is 9. The van der Waals surface area contributed by atoms with Gasteiger partial charge in [0.2, 0.25) is 17.7 Å². The molecule has 198 valence electrons. The van der Waals surface area contributed by atoms with Gasteiger partial charge in [0.05, 0.1) is 17.5 Å². The smallest absolute Gasteiger partial charge is 0.269 e. The molecule has 1 fully saturated rings. The third-order valence-electron chi connectivity index (χ3n) is 7.47. The molecule has 0 saturated carbocycles. The minimum absolute atomic E-state index is 0.0265. The summed E-state index contributed by atoms with van der Waals surface area (Å²) in [5.41, 5.74) is 5.01. The minimum Gasteiger partial charge on any atom is -0.356 e. The summed E-state index contributed by atoms with van der Waals surface area (Å²) in [5.74, 6) is -0.688. The van der Waals surface area contributed by atoms with E-state index in [1.807, 2.05) is 24.3 Å². The first-order valence-corrected chi connectivity index (χ1v) is 12.8. The Morgan fingerprint density at radius 3 is 2.55 bits per heavy atom. The Balaban J connectivity index is 1.40. The summed E-state index contributed by atoms with van der Waals surface area (Å²) < 4.78 is 0. The molecular weight excluding hydrogens is 490 g/mol. The number of nitro benzene ring substituents is 1. The van der Waals surface area contributed by atoms with E-state index in [-0.39, 0.29) is 30.5 Å². The Morgan fingerprint density at radius 1 is 1.08 bits per heavy atom. The minimum atomic E-state index is -0.670. The second-order valence-corrected chi connectivity index (χ2v) is 9.79. The molecule has 0 bridgehead atoms. The summed E-state index contributed by atoms with van der Waals surface area (Å²) in [4.78, 5) is 55.9. The fraction of sp³-hybridized carbons (Fsp3) is 0.370. The maximum Gasteiger partial charge on any atom is 0.269 e. The lowest BCUT2D eigenvalue weighted by atomic mass is 9.86. The van der Waals surface area contributed by atoms with Crippen molar-refractivity contribution in [1.29, 1.82) is 0 Å². The third-order valence-corrected chi connectivity index (χ3v) is 7.47. The van der Waals surface area contributed by atoms with E-state index in [0.29, 0.717) is 31.4 Å². The fourth-order valence-corrected chi connectivity index (χ4v) is 5.64. The first-order valence-electron chi connectivity index (χ1n) is 12.8. The summed E-state index contributed by atoms with van der Waals surface area (Å²) in [6, 6.07) is 12.7. The average molecular weight is 520 g/mol. The Morgan fingerprint density at radius 2 is 1.82 bits per heavy atom. The van der Waals surface area contributed by atoms with Crippen LogP contribution in [0.5, 0.6) is 0 Å². The number of hydrogen-bond donors (Lipinski definition) is 3. The van der Waals surface area contributed by atoms with E-state index in [1.165, 1.54) is 12.1 Å². The van der Waals surface area contributed by atoms with E-state index >= 15 is 0 Å². The lowest BCUT2D eigenvalue weighted by Gasteiger charge is -2.47. The molecule has 2 atom stereocenters. The van der Waals surface area contributed by atoms with Gasteiger partial charge in [-0.2, -0.15) is 0 Å². The van der Waals surface area contributed by atoms with Crippen LogP contribution in [0.25, 0.3) is 10.9 Å². The standard InChI is InChI=1S/C27H29N5O6/c33-23(29-36)9-3-1-2-6-14-30-16-24(34)31-22(27(30)35)15-20-19-7-4-5-8-21(19)28-25(20)26(31)17-10-12-18(13-11-17)32(37)38/h4-5,7-8,10-13,22,26,28,36H,1-3,6,9,14-16H2,(H,29,33)/t22-,26-/m0/s1. The van der Waals surface area contributed by atoms with E-state index in [2.05, 4.69) is 4.98 Å². The van der Waals surface area contributed by atoms with Crippen LogP contribution >= 0.6 is 0 Å². The van der Waals surface area contributed by atoms with E-state index < -0.39 is 22.9 Å². The van der Waals surface area contributed by atoms with Crippen molar-refractivity contribution in [2.24, 2.45) is 0 Å². The van der Waals surface area contributed by atoms with Gasteiger partial charge in [-0.3, -0.25) is 29.7 Å². The van der Waals surface area contributed by atoms with Crippen molar-refractivity contribution in [2.45, 2.75) is 50.6 Å². The van der Waals surface area contributed by atoms with Gasteiger partial charge in [-0.15, -0.1) is 0 Å². The van der Waals surface area contributed by atoms with Gasteiger partial charge in [0.15, 0.2) is 0 Å². The van der Waals surface area contributed by atoms with Crippen LogP contribution in [0, 0.1) is 10.1 Å². The first-order chi connectivity index (χ1) is 18.4. The maximum absolute atomic E-state index is 13.7. The number of hydroxylamine groups is 1. The van der Waals surface area contributed by atoms with Crippen molar-refractivity contribution in [3.63, 3.8) is 0 Å².